The third-order valence-corrected chi connectivity index (χ3v) is 6.67. The van der Waals surface area contributed by atoms with Crippen molar-refractivity contribution >= 4 is 74.9 Å². The maximum atomic E-state index is 12.8. The summed E-state index contributed by atoms with van der Waals surface area (Å²) in [5, 5.41) is 4.10. The van der Waals surface area contributed by atoms with Gasteiger partial charge in [-0.05, 0) is 55.8 Å². The van der Waals surface area contributed by atoms with Gasteiger partial charge in [0.1, 0.15) is 4.32 Å². The topological polar surface area (TPSA) is 35.6 Å². The lowest BCUT2D eigenvalue weighted by Gasteiger charge is -2.20. The number of thioether (sulfide) groups is 1. The number of nitrogens with one attached hydrogen (secondary N) is 1. The van der Waals surface area contributed by atoms with Crippen LogP contribution in [0.25, 0.3) is 6.08 Å². The van der Waals surface area contributed by atoms with Gasteiger partial charge in [0.15, 0.2) is 0 Å². The van der Waals surface area contributed by atoms with Gasteiger partial charge in [-0.1, -0.05) is 59.3 Å². The second kappa shape index (κ2) is 9.85. The number of rotatable bonds is 7. The highest BCUT2D eigenvalue weighted by atomic mass is 35.5. The van der Waals surface area contributed by atoms with Gasteiger partial charge in [0.25, 0.3) is 5.91 Å². The molecule has 2 aromatic carbocycles. The van der Waals surface area contributed by atoms with Crippen molar-refractivity contribution < 1.29 is 4.79 Å². The first kappa shape index (κ1) is 22.0. The van der Waals surface area contributed by atoms with Crippen molar-refractivity contribution in [1.82, 2.24) is 4.90 Å². The number of amides is 1. The fraction of sp³-hybridized carbons (Fsp3) is 0.238. The van der Waals surface area contributed by atoms with E-state index in [4.69, 9.17) is 35.4 Å². The maximum absolute atomic E-state index is 12.8. The molecular weight excluding hydrogens is 445 g/mol. The summed E-state index contributed by atoms with van der Waals surface area (Å²) in [6.07, 6.45) is 1.88. The van der Waals surface area contributed by atoms with E-state index in [1.165, 1.54) is 17.4 Å². The molecule has 152 valence electrons. The average Bonchev–Trinajstić information content (AvgIpc) is 2.98. The minimum Gasteiger partial charge on any atom is -0.372 e. The molecule has 4 nitrogen and oxygen atoms in total. The third kappa shape index (κ3) is 5.25. The van der Waals surface area contributed by atoms with Crippen LogP contribution in [0.15, 0.2) is 47.4 Å². The van der Waals surface area contributed by atoms with Gasteiger partial charge in [0, 0.05) is 24.5 Å². The number of carbonyl (C=O) groups excluding carboxylic acids is 1. The molecule has 0 aromatic heterocycles. The van der Waals surface area contributed by atoms with E-state index in [0.717, 1.165) is 24.3 Å². The molecule has 0 atom stereocenters. The molecular formula is C21H21Cl2N3OS2. The fourth-order valence-electron chi connectivity index (χ4n) is 2.93. The number of hydrogen-bond donors (Lipinski definition) is 1. The zero-order chi connectivity index (χ0) is 21.0. The van der Waals surface area contributed by atoms with Gasteiger partial charge in [-0.25, -0.2) is 0 Å². The molecule has 8 heteroatoms. The molecule has 2 aromatic rings. The van der Waals surface area contributed by atoms with Crippen LogP contribution in [0.2, 0.25) is 10.0 Å². The Morgan fingerprint density at radius 1 is 1.10 bits per heavy atom. The molecule has 0 spiro atoms. The molecule has 0 saturated carbocycles. The summed E-state index contributed by atoms with van der Waals surface area (Å²) in [4.78, 5) is 17.2. The lowest BCUT2D eigenvalue weighted by molar-refractivity contribution is -0.121. The highest BCUT2D eigenvalue weighted by molar-refractivity contribution is 8.26. The van der Waals surface area contributed by atoms with Crippen LogP contribution >= 0.6 is 47.2 Å². The molecule has 1 heterocycles. The molecule has 0 radical (unpaired) electrons. The van der Waals surface area contributed by atoms with Crippen LogP contribution < -0.4 is 10.2 Å². The van der Waals surface area contributed by atoms with Crippen LogP contribution in [-0.2, 0) is 4.79 Å². The van der Waals surface area contributed by atoms with Crippen LogP contribution in [0, 0.1) is 0 Å². The highest BCUT2D eigenvalue weighted by Gasteiger charge is 2.31. The van der Waals surface area contributed by atoms with E-state index >= 15 is 0 Å². The van der Waals surface area contributed by atoms with E-state index < -0.39 is 0 Å². The van der Waals surface area contributed by atoms with Gasteiger partial charge in [0.05, 0.1) is 21.6 Å². The summed E-state index contributed by atoms with van der Waals surface area (Å²) in [6, 6.07) is 13.4. The largest absolute Gasteiger partial charge is 0.372 e. The second-order valence-electron chi connectivity index (χ2n) is 6.34. The predicted molar refractivity (Wildman–Crippen MR) is 130 cm³/mol. The monoisotopic (exact) mass is 465 g/mol. The zero-order valence-corrected chi connectivity index (χ0v) is 19.3. The van der Waals surface area contributed by atoms with Gasteiger partial charge in [-0.2, -0.15) is 0 Å². The standard InChI is InChI=1S/C21H21Cl2N3OS2/c1-3-25(4-2)16-8-5-14(6-9-16)11-19-20(27)26(21(28)29-19)13-24-15-7-10-17(22)18(23)12-15/h5-12,24H,3-4,13H2,1-2H3. The van der Waals surface area contributed by atoms with E-state index in [0.29, 0.717) is 19.3 Å². The number of thiocarbonyl (C=S) groups is 1. The quantitative estimate of drug-likeness (QED) is 0.394. The lowest BCUT2D eigenvalue weighted by Crippen LogP contribution is -2.33. The molecule has 3 rings (SSSR count). The predicted octanol–water partition coefficient (Wildman–Crippen LogP) is 6.11. The zero-order valence-electron chi connectivity index (χ0n) is 16.1. The Hall–Kier alpha value is -1.73. The van der Waals surface area contributed by atoms with Gasteiger partial charge < -0.3 is 10.2 Å². The van der Waals surface area contributed by atoms with E-state index in [1.54, 1.807) is 23.1 Å². The first-order chi connectivity index (χ1) is 13.9. The first-order valence-corrected chi connectivity index (χ1v) is 11.2. The summed E-state index contributed by atoms with van der Waals surface area (Å²) < 4.78 is 0.522. The van der Waals surface area contributed by atoms with Gasteiger partial charge in [-0.3, -0.25) is 9.69 Å². The second-order valence-corrected chi connectivity index (χ2v) is 8.83. The first-order valence-electron chi connectivity index (χ1n) is 9.22. The van der Waals surface area contributed by atoms with E-state index in [1.807, 2.05) is 18.2 Å². The Bertz CT molecular complexity index is 943. The number of halogens is 2. The van der Waals surface area contributed by atoms with Gasteiger partial charge in [-0.15, -0.1) is 0 Å². The molecule has 1 aliphatic rings. The molecule has 1 aliphatic heterocycles. The Kier molecular flexibility index (Phi) is 7.46. The highest BCUT2D eigenvalue weighted by Crippen LogP contribution is 2.33. The Morgan fingerprint density at radius 2 is 1.79 bits per heavy atom. The molecule has 1 saturated heterocycles. The molecule has 0 bridgehead atoms. The summed E-state index contributed by atoms with van der Waals surface area (Å²) >= 11 is 18.7. The van der Waals surface area contributed by atoms with E-state index in [2.05, 4.69) is 36.2 Å². The van der Waals surface area contributed by atoms with Crippen molar-refractivity contribution in [1.29, 1.82) is 0 Å². The third-order valence-electron chi connectivity index (χ3n) is 4.55. The SMILES string of the molecule is CCN(CC)c1ccc(C=C2SC(=S)N(CNc3ccc(Cl)c(Cl)c3)C2=O)cc1. The van der Waals surface area contributed by atoms with Crippen LogP contribution in [-0.4, -0.2) is 34.9 Å². The van der Waals surface area contributed by atoms with Crippen molar-refractivity contribution in [2.75, 3.05) is 30.0 Å². The van der Waals surface area contributed by atoms with E-state index in [9.17, 15) is 4.79 Å². The minimum atomic E-state index is -0.111. The number of benzene rings is 2. The lowest BCUT2D eigenvalue weighted by atomic mass is 10.1. The van der Waals surface area contributed by atoms with Crippen molar-refractivity contribution in [2.45, 2.75) is 13.8 Å². The Labute approximate surface area is 190 Å². The smallest absolute Gasteiger partial charge is 0.267 e. The molecule has 1 amide bonds. The van der Waals surface area contributed by atoms with Gasteiger partial charge in [0.2, 0.25) is 0 Å². The summed E-state index contributed by atoms with van der Waals surface area (Å²) in [6.45, 7) is 6.45. The van der Waals surface area contributed by atoms with Crippen LogP contribution in [0.5, 0.6) is 0 Å². The number of nitrogens with zero attached hydrogens (tertiary/aromatic N) is 2. The maximum Gasteiger partial charge on any atom is 0.267 e. The molecule has 0 unspecified atom stereocenters. The average molecular weight is 466 g/mol. The Balaban J connectivity index is 1.68. The van der Waals surface area contributed by atoms with E-state index in [-0.39, 0.29) is 12.6 Å². The summed E-state index contributed by atoms with van der Waals surface area (Å²) in [7, 11) is 0. The fourth-order valence-corrected chi connectivity index (χ4v) is 4.49. The molecule has 0 aliphatic carbocycles. The van der Waals surface area contributed by atoms with Crippen molar-refractivity contribution in [3.8, 4) is 0 Å². The number of hydrogen-bond acceptors (Lipinski definition) is 5. The van der Waals surface area contributed by atoms with Crippen LogP contribution in [0.4, 0.5) is 11.4 Å². The van der Waals surface area contributed by atoms with Crippen molar-refractivity contribution in [3.05, 3.63) is 63.0 Å². The molecule has 1 fully saturated rings. The Morgan fingerprint density at radius 3 is 2.41 bits per heavy atom. The summed E-state index contributed by atoms with van der Waals surface area (Å²) in [5.41, 5.74) is 2.91. The number of anilines is 2. The molecule has 29 heavy (non-hydrogen) atoms. The van der Waals surface area contributed by atoms with Crippen molar-refractivity contribution in [3.63, 3.8) is 0 Å². The minimum absolute atomic E-state index is 0.111. The van der Waals surface area contributed by atoms with Crippen LogP contribution in [0.1, 0.15) is 19.4 Å². The molecule has 1 N–H and O–H groups in total. The van der Waals surface area contributed by atoms with Gasteiger partial charge >= 0.3 is 0 Å². The van der Waals surface area contributed by atoms with Crippen molar-refractivity contribution in [2.24, 2.45) is 0 Å². The van der Waals surface area contributed by atoms with Crippen LogP contribution in [0.3, 0.4) is 0 Å². The normalized spacial score (nSPS) is 15.3. The summed E-state index contributed by atoms with van der Waals surface area (Å²) in [5.74, 6) is -0.111. The number of carbonyl (C=O) groups is 1.